The summed E-state index contributed by atoms with van der Waals surface area (Å²) in [6.07, 6.45) is 10.2. The normalized spacial score (nSPS) is 23.4. The van der Waals surface area contributed by atoms with Crippen molar-refractivity contribution in [2.75, 3.05) is 0 Å². The Morgan fingerprint density at radius 2 is 2.21 bits per heavy atom. The van der Waals surface area contributed by atoms with Crippen LogP contribution >= 0.6 is 0 Å². The van der Waals surface area contributed by atoms with E-state index in [2.05, 4.69) is 17.2 Å². The second-order valence-electron chi connectivity index (χ2n) is 5.45. The molecule has 2 aromatic heterocycles. The third-order valence-corrected chi connectivity index (χ3v) is 4.08. The number of hydrogen-bond donors (Lipinski definition) is 1. The molecule has 1 saturated carbocycles. The van der Waals surface area contributed by atoms with Gasteiger partial charge in [0.25, 0.3) is 5.91 Å². The summed E-state index contributed by atoms with van der Waals surface area (Å²) in [5.41, 5.74) is 1.56. The van der Waals surface area contributed by atoms with Gasteiger partial charge in [-0.25, -0.2) is 4.98 Å². The largest absolute Gasteiger partial charge is 0.349 e. The number of carbonyl (C=O) groups excluding carboxylic acids is 1. The van der Waals surface area contributed by atoms with Gasteiger partial charge in [0.15, 0.2) is 0 Å². The van der Waals surface area contributed by atoms with Crippen molar-refractivity contribution < 1.29 is 4.79 Å². The lowest BCUT2D eigenvalue weighted by atomic mass is 9.86. The molecular weight excluding hydrogens is 238 g/mol. The van der Waals surface area contributed by atoms with Gasteiger partial charge < -0.3 is 9.72 Å². The maximum absolute atomic E-state index is 12.3. The Balaban J connectivity index is 1.75. The molecule has 4 nitrogen and oxygen atoms in total. The molecule has 2 heterocycles. The highest BCUT2D eigenvalue weighted by Gasteiger charge is 2.23. The third kappa shape index (κ3) is 2.48. The first kappa shape index (κ1) is 12.2. The van der Waals surface area contributed by atoms with Gasteiger partial charge in [-0.15, -0.1) is 0 Å². The molecule has 0 radical (unpaired) electrons. The van der Waals surface area contributed by atoms with E-state index < -0.39 is 0 Å². The molecule has 1 aliphatic carbocycles. The van der Waals surface area contributed by atoms with E-state index >= 15 is 0 Å². The number of nitrogens with one attached hydrogen (secondary N) is 1. The minimum absolute atomic E-state index is 0.0225. The summed E-state index contributed by atoms with van der Waals surface area (Å²) in [5.74, 6) is 0.601. The van der Waals surface area contributed by atoms with Gasteiger partial charge in [-0.2, -0.15) is 0 Å². The molecule has 2 atom stereocenters. The highest BCUT2D eigenvalue weighted by molar-refractivity contribution is 5.94. The summed E-state index contributed by atoms with van der Waals surface area (Å²) in [7, 11) is 0. The second kappa shape index (κ2) is 5.03. The zero-order chi connectivity index (χ0) is 13.2. The monoisotopic (exact) mass is 257 g/mol. The number of fused-ring (bicyclic) bond motifs is 1. The number of hydrogen-bond acceptors (Lipinski definition) is 2. The molecule has 1 amide bonds. The van der Waals surface area contributed by atoms with Gasteiger partial charge in [-0.1, -0.05) is 19.8 Å². The third-order valence-electron chi connectivity index (χ3n) is 4.08. The summed E-state index contributed by atoms with van der Waals surface area (Å²) in [6.45, 7) is 2.23. The van der Waals surface area contributed by atoms with Gasteiger partial charge in [0.2, 0.25) is 0 Å². The molecule has 0 aromatic carbocycles. The Morgan fingerprint density at radius 1 is 1.37 bits per heavy atom. The molecule has 0 saturated heterocycles. The van der Waals surface area contributed by atoms with Crippen molar-refractivity contribution in [1.82, 2.24) is 14.7 Å². The van der Waals surface area contributed by atoms with Crippen LogP contribution in [-0.2, 0) is 0 Å². The average molecular weight is 257 g/mol. The fraction of sp³-hybridized carbons (Fsp3) is 0.467. The van der Waals surface area contributed by atoms with E-state index in [1.807, 2.05) is 28.9 Å². The van der Waals surface area contributed by atoms with Crippen molar-refractivity contribution in [3.63, 3.8) is 0 Å². The summed E-state index contributed by atoms with van der Waals surface area (Å²) >= 11 is 0. The van der Waals surface area contributed by atoms with Crippen molar-refractivity contribution in [2.24, 2.45) is 5.92 Å². The highest BCUT2D eigenvalue weighted by atomic mass is 16.1. The molecule has 19 heavy (non-hydrogen) atoms. The lowest BCUT2D eigenvalue weighted by molar-refractivity contribution is 0.0910. The predicted octanol–water partition coefficient (Wildman–Crippen LogP) is 2.64. The molecule has 100 valence electrons. The van der Waals surface area contributed by atoms with Gasteiger partial charge in [0.05, 0.1) is 5.56 Å². The maximum Gasteiger partial charge on any atom is 0.253 e. The fourth-order valence-electron chi connectivity index (χ4n) is 2.84. The van der Waals surface area contributed by atoms with Crippen LogP contribution in [0.15, 0.2) is 30.7 Å². The number of carbonyl (C=O) groups is 1. The van der Waals surface area contributed by atoms with E-state index in [1.54, 1.807) is 6.20 Å². The van der Waals surface area contributed by atoms with Crippen LogP contribution in [0.4, 0.5) is 0 Å². The zero-order valence-electron chi connectivity index (χ0n) is 11.2. The Hall–Kier alpha value is -1.84. The quantitative estimate of drug-likeness (QED) is 0.899. The fourth-order valence-corrected chi connectivity index (χ4v) is 2.84. The van der Waals surface area contributed by atoms with Crippen LogP contribution in [0.3, 0.4) is 0 Å². The molecule has 0 spiro atoms. The summed E-state index contributed by atoms with van der Waals surface area (Å²) in [4.78, 5) is 16.5. The number of pyridine rings is 1. The Bertz CT molecular complexity index is 590. The van der Waals surface area contributed by atoms with Crippen LogP contribution in [0.25, 0.3) is 5.65 Å². The Kier molecular flexibility index (Phi) is 3.23. The molecule has 4 heteroatoms. The van der Waals surface area contributed by atoms with Crippen LogP contribution in [0.2, 0.25) is 0 Å². The van der Waals surface area contributed by atoms with E-state index in [1.165, 1.54) is 19.3 Å². The minimum atomic E-state index is 0.0225. The molecule has 0 aliphatic heterocycles. The number of imidazole rings is 1. The van der Waals surface area contributed by atoms with Crippen molar-refractivity contribution >= 4 is 11.6 Å². The summed E-state index contributed by atoms with van der Waals surface area (Å²) in [5, 5.41) is 3.17. The molecule has 2 unspecified atom stereocenters. The van der Waals surface area contributed by atoms with Crippen LogP contribution in [0, 0.1) is 5.92 Å². The first-order chi connectivity index (χ1) is 9.24. The van der Waals surface area contributed by atoms with Crippen molar-refractivity contribution in [3.05, 3.63) is 36.3 Å². The SMILES string of the molecule is CC1CCCCC1NC(=O)c1ccc2nccn2c1. The van der Waals surface area contributed by atoms with Gasteiger partial charge in [0.1, 0.15) is 5.65 Å². The first-order valence-corrected chi connectivity index (χ1v) is 6.97. The predicted molar refractivity (Wildman–Crippen MR) is 74.1 cm³/mol. The molecule has 3 rings (SSSR count). The Morgan fingerprint density at radius 3 is 3.05 bits per heavy atom. The maximum atomic E-state index is 12.3. The molecule has 0 bridgehead atoms. The van der Waals surface area contributed by atoms with Crippen LogP contribution in [0.1, 0.15) is 43.0 Å². The summed E-state index contributed by atoms with van der Waals surface area (Å²) < 4.78 is 1.87. The minimum Gasteiger partial charge on any atom is -0.349 e. The Labute approximate surface area is 112 Å². The van der Waals surface area contributed by atoms with Gasteiger partial charge in [0, 0.05) is 24.6 Å². The summed E-state index contributed by atoms with van der Waals surface area (Å²) in [6, 6.07) is 4.03. The number of rotatable bonds is 2. The van der Waals surface area contributed by atoms with Gasteiger partial charge in [-0.3, -0.25) is 4.79 Å². The lowest BCUT2D eigenvalue weighted by Gasteiger charge is -2.29. The topological polar surface area (TPSA) is 46.4 Å². The van der Waals surface area contributed by atoms with Crippen LogP contribution in [-0.4, -0.2) is 21.3 Å². The zero-order valence-corrected chi connectivity index (χ0v) is 11.2. The van der Waals surface area contributed by atoms with Crippen LogP contribution < -0.4 is 5.32 Å². The molecule has 1 fully saturated rings. The van der Waals surface area contributed by atoms with Crippen molar-refractivity contribution in [3.8, 4) is 0 Å². The van der Waals surface area contributed by atoms with E-state index in [9.17, 15) is 4.79 Å². The lowest BCUT2D eigenvalue weighted by Crippen LogP contribution is -2.41. The number of nitrogens with zero attached hydrogens (tertiary/aromatic N) is 2. The number of amides is 1. The first-order valence-electron chi connectivity index (χ1n) is 6.97. The number of aromatic nitrogens is 2. The van der Waals surface area contributed by atoms with Crippen molar-refractivity contribution in [1.29, 1.82) is 0 Å². The molecule has 2 aromatic rings. The van der Waals surface area contributed by atoms with Crippen molar-refractivity contribution in [2.45, 2.75) is 38.6 Å². The van der Waals surface area contributed by atoms with E-state index in [0.29, 0.717) is 17.5 Å². The molecular formula is C15H19N3O. The molecule has 1 aliphatic rings. The smallest absolute Gasteiger partial charge is 0.253 e. The van der Waals surface area contributed by atoms with Crippen LogP contribution in [0.5, 0.6) is 0 Å². The van der Waals surface area contributed by atoms with Gasteiger partial charge >= 0.3 is 0 Å². The van der Waals surface area contributed by atoms with E-state index in [0.717, 1.165) is 12.1 Å². The highest BCUT2D eigenvalue weighted by Crippen LogP contribution is 2.24. The average Bonchev–Trinajstić information content (AvgIpc) is 2.88. The standard InChI is InChI=1S/C15H19N3O/c1-11-4-2-3-5-13(11)17-15(19)12-6-7-14-16-8-9-18(14)10-12/h6-11,13H,2-5H2,1H3,(H,17,19). The van der Waals surface area contributed by atoms with E-state index in [-0.39, 0.29) is 5.91 Å². The molecule has 1 N–H and O–H groups in total. The van der Waals surface area contributed by atoms with E-state index in [4.69, 9.17) is 0 Å². The second-order valence-corrected chi connectivity index (χ2v) is 5.45. The van der Waals surface area contributed by atoms with Gasteiger partial charge in [-0.05, 0) is 30.9 Å².